The number of hydrogen-bond donors (Lipinski definition) is 1. The van der Waals surface area contributed by atoms with E-state index < -0.39 is 0 Å². The molecule has 1 aromatic heterocycles. The Morgan fingerprint density at radius 1 is 1.26 bits per heavy atom. The van der Waals surface area contributed by atoms with E-state index in [1.54, 1.807) is 18.4 Å². The number of anilines is 1. The van der Waals surface area contributed by atoms with E-state index in [4.69, 9.17) is 9.15 Å². The number of nitrogens with one attached hydrogen (secondary N) is 1. The average molecular weight is 259 g/mol. The van der Waals surface area contributed by atoms with Crippen molar-refractivity contribution >= 4 is 5.69 Å². The fourth-order valence-electron chi connectivity index (χ4n) is 3.19. The zero-order valence-corrected chi connectivity index (χ0v) is 10.3. The van der Waals surface area contributed by atoms with Crippen LogP contribution in [0.1, 0.15) is 29.9 Å². The summed E-state index contributed by atoms with van der Waals surface area (Å²) in [6, 6.07) is 8.78. The summed E-state index contributed by atoms with van der Waals surface area (Å²) in [5, 5.41) is 3.46. The van der Waals surface area contributed by atoms with Gasteiger partial charge in [0.2, 0.25) is 0 Å². The third kappa shape index (κ3) is 1.67. The Labute approximate surface area is 110 Å². The largest absolute Gasteiger partial charge is 0.467 e. The van der Waals surface area contributed by atoms with Crippen molar-refractivity contribution in [3.8, 4) is 0 Å². The molecule has 2 aromatic rings. The second-order valence-electron chi connectivity index (χ2n) is 5.11. The minimum atomic E-state index is -0.216. The van der Waals surface area contributed by atoms with E-state index >= 15 is 0 Å². The fraction of sp³-hybridized carbons (Fsp3) is 0.333. The van der Waals surface area contributed by atoms with Crippen molar-refractivity contribution in [3.05, 3.63) is 53.7 Å². The standard InChI is InChI=1S/C15H14FNO2/c16-9-3-4-12-11(8-9)15-10(5-7-19-15)14(17-12)13-2-1-6-18-13/h1-4,6,8,10,14-15,17H,5,7H2/t10-,14+,15+/m0/s1. The molecule has 0 radical (unpaired) electrons. The van der Waals surface area contributed by atoms with Gasteiger partial charge in [-0.25, -0.2) is 4.39 Å². The van der Waals surface area contributed by atoms with Gasteiger partial charge in [0.15, 0.2) is 0 Å². The van der Waals surface area contributed by atoms with Crippen LogP contribution in [0, 0.1) is 11.7 Å². The van der Waals surface area contributed by atoms with Crippen LogP contribution in [0.5, 0.6) is 0 Å². The quantitative estimate of drug-likeness (QED) is 0.848. The molecule has 4 rings (SSSR count). The van der Waals surface area contributed by atoms with Crippen LogP contribution in [0.15, 0.2) is 41.0 Å². The van der Waals surface area contributed by atoms with Gasteiger partial charge >= 0.3 is 0 Å². The molecule has 1 fully saturated rings. The van der Waals surface area contributed by atoms with Crippen molar-refractivity contribution in [1.29, 1.82) is 0 Å². The third-order valence-electron chi connectivity index (χ3n) is 4.05. The van der Waals surface area contributed by atoms with E-state index in [2.05, 4.69) is 5.32 Å². The topological polar surface area (TPSA) is 34.4 Å². The van der Waals surface area contributed by atoms with Crippen LogP contribution in [-0.4, -0.2) is 6.61 Å². The Kier molecular flexibility index (Phi) is 2.38. The molecule has 0 bridgehead atoms. The average Bonchev–Trinajstić information content (AvgIpc) is 3.09. The Balaban J connectivity index is 1.80. The summed E-state index contributed by atoms with van der Waals surface area (Å²) >= 11 is 0. The summed E-state index contributed by atoms with van der Waals surface area (Å²) in [6.45, 7) is 0.712. The van der Waals surface area contributed by atoms with E-state index in [0.717, 1.165) is 23.4 Å². The molecule has 19 heavy (non-hydrogen) atoms. The van der Waals surface area contributed by atoms with Gasteiger partial charge in [0, 0.05) is 23.8 Å². The molecule has 2 aliphatic heterocycles. The van der Waals surface area contributed by atoms with Gasteiger partial charge in [-0.15, -0.1) is 0 Å². The highest BCUT2D eigenvalue weighted by Crippen LogP contribution is 2.49. The Morgan fingerprint density at radius 2 is 2.21 bits per heavy atom. The van der Waals surface area contributed by atoms with Crippen LogP contribution in [0.3, 0.4) is 0 Å². The van der Waals surface area contributed by atoms with Gasteiger partial charge in [-0.2, -0.15) is 0 Å². The normalized spacial score (nSPS) is 28.6. The molecule has 3 atom stereocenters. The molecule has 3 heterocycles. The molecule has 4 heteroatoms. The first-order valence-corrected chi connectivity index (χ1v) is 6.54. The van der Waals surface area contributed by atoms with Crippen LogP contribution in [0.4, 0.5) is 10.1 Å². The smallest absolute Gasteiger partial charge is 0.126 e. The van der Waals surface area contributed by atoms with Crippen molar-refractivity contribution in [1.82, 2.24) is 0 Å². The van der Waals surface area contributed by atoms with E-state index in [-0.39, 0.29) is 18.0 Å². The van der Waals surface area contributed by atoms with Crippen LogP contribution >= 0.6 is 0 Å². The lowest BCUT2D eigenvalue weighted by Gasteiger charge is -2.35. The first-order chi connectivity index (χ1) is 9.33. The minimum Gasteiger partial charge on any atom is -0.467 e. The maximum absolute atomic E-state index is 13.4. The van der Waals surface area contributed by atoms with Gasteiger partial charge < -0.3 is 14.5 Å². The number of furan rings is 1. The second-order valence-corrected chi connectivity index (χ2v) is 5.11. The minimum absolute atomic E-state index is 0.0398. The Bertz CT molecular complexity index is 596. The maximum Gasteiger partial charge on any atom is 0.126 e. The van der Waals surface area contributed by atoms with Crippen molar-refractivity contribution in [2.75, 3.05) is 11.9 Å². The lowest BCUT2D eigenvalue weighted by Crippen LogP contribution is -2.29. The molecule has 0 unspecified atom stereocenters. The van der Waals surface area contributed by atoms with Gasteiger partial charge in [0.1, 0.15) is 11.6 Å². The van der Waals surface area contributed by atoms with Crippen molar-refractivity contribution in [3.63, 3.8) is 0 Å². The highest BCUT2D eigenvalue weighted by atomic mass is 19.1. The SMILES string of the molecule is Fc1ccc2c(c1)[C@@H]1OCC[C@H]1[C@H](c1ccco1)N2. The molecular weight excluding hydrogens is 245 g/mol. The molecule has 98 valence electrons. The number of rotatable bonds is 1. The first kappa shape index (κ1) is 11.1. The van der Waals surface area contributed by atoms with Gasteiger partial charge in [-0.1, -0.05) is 0 Å². The number of halogens is 1. The molecule has 0 aliphatic carbocycles. The van der Waals surface area contributed by atoms with Gasteiger partial charge in [-0.05, 0) is 36.8 Å². The molecule has 0 saturated carbocycles. The van der Waals surface area contributed by atoms with E-state index in [9.17, 15) is 4.39 Å². The molecule has 0 spiro atoms. The van der Waals surface area contributed by atoms with Gasteiger partial charge in [-0.3, -0.25) is 0 Å². The van der Waals surface area contributed by atoms with Gasteiger partial charge in [0.25, 0.3) is 0 Å². The second kappa shape index (κ2) is 4.10. The number of hydrogen-bond acceptors (Lipinski definition) is 3. The predicted molar refractivity (Wildman–Crippen MR) is 68.3 cm³/mol. The number of fused-ring (bicyclic) bond motifs is 3. The summed E-state index contributed by atoms with van der Waals surface area (Å²) in [7, 11) is 0. The number of benzene rings is 1. The van der Waals surface area contributed by atoms with Crippen molar-refractivity contribution < 1.29 is 13.5 Å². The van der Waals surface area contributed by atoms with Crippen LogP contribution in [-0.2, 0) is 4.74 Å². The van der Waals surface area contributed by atoms with Crippen LogP contribution in [0.25, 0.3) is 0 Å². The molecule has 0 amide bonds. The van der Waals surface area contributed by atoms with E-state index in [1.165, 1.54) is 6.07 Å². The van der Waals surface area contributed by atoms with E-state index in [1.807, 2.05) is 12.1 Å². The predicted octanol–water partition coefficient (Wildman–Crippen LogP) is 3.66. The molecule has 3 nitrogen and oxygen atoms in total. The molecule has 1 N–H and O–H groups in total. The van der Waals surface area contributed by atoms with Gasteiger partial charge in [0.05, 0.1) is 18.4 Å². The summed E-state index contributed by atoms with van der Waals surface area (Å²) < 4.78 is 24.8. The van der Waals surface area contributed by atoms with E-state index in [0.29, 0.717) is 12.5 Å². The Hall–Kier alpha value is -1.81. The number of ether oxygens (including phenoxy) is 1. The maximum atomic E-state index is 13.4. The zero-order valence-electron chi connectivity index (χ0n) is 10.3. The first-order valence-electron chi connectivity index (χ1n) is 6.54. The molecular formula is C15H14FNO2. The summed E-state index contributed by atoms with van der Waals surface area (Å²) in [5.74, 6) is 0.988. The highest BCUT2D eigenvalue weighted by Gasteiger charge is 2.42. The van der Waals surface area contributed by atoms with Crippen molar-refractivity contribution in [2.24, 2.45) is 5.92 Å². The highest BCUT2D eigenvalue weighted by molar-refractivity contribution is 5.56. The summed E-state index contributed by atoms with van der Waals surface area (Å²) in [4.78, 5) is 0. The molecule has 2 aliphatic rings. The van der Waals surface area contributed by atoms with Crippen LogP contribution in [0.2, 0.25) is 0 Å². The fourth-order valence-corrected chi connectivity index (χ4v) is 3.19. The zero-order chi connectivity index (χ0) is 12.8. The third-order valence-corrected chi connectivity index (χ3v) is 4.05. The van der Waals surface area contributed by atoms with Crippen LogP contribution < -0.4 is 5.32 Å². The summed E-state index contributed by atoms with van der Waals surface area (Å²) in [6.07, 6.45) is 2.60. The monoisotopic (exact) mass is 259 g/mol. The molecule has 1 saturated heterocycles. The lowest BCUT2D eigenvalue weighted by atomic mass is 9.83. The Morgan fingerprint density at radius 3 is 3.05 bits per heavy atom. The van der Waals surface area contributed by atoms with Crippen molar-refractivity contribution in [2.45, 2.75) is 18.6 Å². The molecule has 1 aromatic carbocycles. The lowest BCUT2D eigenvalue weighted by molar-refractivity contribution is 0.0805. The summed E-state index contributed by atoms with van der Waals surface area (Å²) in [5.41, 5.74) is 1.86.